The second kappa shape index (κ2) is 12.0. The van der Waals surface area contributed by atoms with E-state index in [0.717, 1.165) is 12.8 Å². The van der Waals surface area contributed by atoms with Crippen LogP contribution in [0.4, 0.5) is 0 Å². The van der Waals surface area contributed by atoms with Crippen LogP contribution in [0.3, 0.4) is 0 Å². The van der Waals surface area contributed by atoms with Gasteiger partial charge in [-0.05, 0) is 12.5 Å². The molecule has 0 saturated carbocycles. The molecule has 0 aliphatic carbocycles. The molecule has 1 aromatic rings. The Morgan fingerprint density at radius 1 is 0.826 bits per heavy atom. The van der Waals surface area contributed by atoms with E-state index in [1.165, 1.54) is 57.1 Å². The molecule has 0 radical (unpaired) electrons. The average molecular weight is 380 g/mol. The summed E-state index contributed by atoms with van der Waals surface area (Å²) in [5, 5.41) is 0.956. The Labute approximate surface area is 154 Å². The van der Waals surface area contributed by atoms with E-state index in [1.54, 1.807) is 0 Å². The fourth-order valence-electron chi connectivity index (χ4n) is 2.34. The first-order chi connectivity index (χ1) is 11.0. The van der Waals surface area contributed by atoms with E-state index in [1.807, 2.05) is 0 Å². The largest absolute Gasteiger partial charge is 0.425 e. The predicted molar refractivity (Wildman–Crippen MR) is 99.0 cm³/mol. The summed E-state index contributed by atoms with van der Waals surface area (Å²) in [5.41, 5.74) is 0. The monoisotopic (exact) mass is 378 g/mol. The summed E-state index contributed by atoms with van der Waals surface area (Å²) in [7, 11) is 0. The molecule has 0 heterocycles. The van der Waals surface area contributed by atoms with Crippen LogP contribution in [-0.4, -0.2) is 5.97 Å². The molecule has 0 N–H and O–H groups in total. The zero-order chi connectivity index (χ0) is 17.1. The fourth-order valence-corrected chi connectivity index (χ4v) is 2.91. The molecule has 5 heteroatoms. The number of benzene rings is 1. The summed E-state index contributed by atoms with van der Waals surface area (Å²) in [5.74, 6) is -0.0183. The highest BCUT2D eigenvalue weighted by Crippen LogP contribution is 2.34. The minimum absolute atomic E-state index is 0.266. The predicted octanol–water partition coefficient (Wildman–Crippen LogP) is 7.47. The van der Waals surface area contributed by atoms with Crippen LogP contribution in [-0.2, 0) is 4.79 Å². The molecule has 0 saturated heterocycles. The van der Waals surface area contributed by atoms with Gasteiger partial charge < -0.3 is 4.74 Å². The first-order valence-electron chi connectivity index (χ1n) is 8.39. The van der Waals surface area contributed by atoms with Gasteiger partial charge in [0.2, 0.25) is 0 Å². The van der Waals surface area contributed by atoms with Crippen LogP contribution >= 0.6 is 34.8 Å². The summed E-state index contributed by atoms with van der Waals surface area (Å²) >= 11 is 17.7. The third-order valence-corrected chi connectivity index (χ3v) is 4.70. The smallest absolute Gasteiger partial charge is 0.311 e. The zero-order valence-corrected chi connectivity index (χ0v) is 15.9. The van der Waals surface area contributed by atoms with Crippen molar-refractivity contribution in [3.63, 3.8) is 0 Å². The van der Waals surface area contributed by atoms with Gasteiger partial charge in [0, 0.05) is 12.5 Å². The number of carbonyl (C=O) groups is 1. The number of unbranched alkanes of at least 4 members (excludes halogenated alkanes) is 8. The Morgan fingerprint density at radius 2 is 1.35 bits per heavy atom. The highest BCUT2D eigenvalue weighted by atomic mass is 35.5. The van der Waals surface area contributed by atoms with Crippen molar-refractivity contribution in [2.24, 2.45) is 0 Å². The van der Waals surface area contributed by atoms with E-state index in [2.05, 4.69) is 6.92 Å². The standard InChI is InChI=1S/C18H25Cl3O2/c1-2-3-4-5-6-7-8-9-10-11-18(22)23-17-13-15(20)14(19)12-16(17)21/h12-13H,2-11H2,1H3. The van der Waals surface area contributed by atoms with Crippen LogP contribution in [0.5, 0.6) is 5.75 Å². The maximum absolute atomic E-state index is 11.8. The van der Waals surface area contributed by atoms with Gasteiger partial charge in [0.15, 0.2) is 5.75 Å². The topological polar surface area (TPSA) is 26.3 Å². The maximum atomic E-state index is 11.8. The third kappa shape index (κ3) is 8.83. The quantitative estimate of drug-likeness (QED) is 0.172. The molecule has 0 unspecified atom stereocenters. The molecular formula is C18H25Cl3O2. The molecule has 2 nitrogen and oxygen atoms in total. The average Bonchev–Trinajstić information content (AvgIpc) is 2.51. The molecule has 1 aromatic carbocycles. The minimum Gasteiger partial charge on any atom is -0.425 e. The lowest BCUT2D eigenvalue weighted by molar-refractivity contribution is -0.134. The molecule has 0 bridgehead atoms. The van der Waals surface area contributed by atoms with Crippen molar-refractivity contribution in [3.8, 4) is 5.75 Å². The Hall–Kier alpha value is -0.440. The van der Waals surface area contributed by atoms with Crippen LogP contribution in [0.1, 0.15) is 71.1 Å². The van der Waals surface area contributed by atoms with Gasteiger partial charge in [0.25, 0.3) is 0 Å². The molecule has 0 aliphatic heterocycles. The summed E-state index contributed by atoms with van der Waals surface area (Å²) < 4.78 is 5.24. The Balaban J connectivity index is 2.14. The van der Waals surface area contributed by atoms with Crippen molar-refractivity contribution in [2.45, 2.75) is 71.1 Å². The van der Waals surface area contributed by atoms with Crippen LogP contribution < -0.4 is 4.74 Å². The van der Waals surface area contributed by atoms with Gasteiger partial charge >= 0.3 is 5.97 Å². The van der Waals surface area contributed by atoms with Crippen molar-refractivity contribution in [1.29, 1.82) is 0 Å². The Bertz CT molecular complexity index is 489. The van der Waals surface area contributed by atoms with E-state index < -0.39 is 0 Å². The number of rotatable bonds is 11. The highest BCUT2D eigenvalue weighted by molar-refractivity contribution is 6.43. The number of ether oxygens (including phenoxy) is 1. The van der Waals surface area contributed by atoms with Crippen molar-refractivity contribution in [1.82, 2.24) is 0 Å². The Morgan fingerprint density at radius 3 is 1.96 bits per heavy atom. The summed E-state index contributed by atoms with van der Waals surface area (Å²) in [6, 6.07) is 2.95. The number of hydrogen-bond donors (Lipinski definition) is 0. The lowest BCUT2D eigenvalue weighted by atomic mass is 10.1. The number of esters is 1. The lowest BCUT2D eigenvalue weighted by Crippen LogP contribution is -2.07. The molecule has 0 atom stereocenters. The zero-order valence-electron chi connectivity index (χ0n) is 13.7. The molecule has 0 fully saturated rings. The van der Waals surface area contributed by atoms with Crippen molar-refractivity contribution >= 4 is 40.8 Å². The first kappa shape index (κ1) is 20.6. The molecule has 1 rings (SSSR count). The molecule has 0 aliphatic rings. The van der Waals surface area contributed by atoms with E-state index in [0.29, 0.717) is 21.5 Å². The second-order valence-electron chi connectivity index (χ2n) is 5.75. The third-order valence-electron chi connectivity index (χ3n) is 3.68. The Kier molecular flexibility index (Phi) is 10.7. The molecule has 0 spiro atoms. The van der Waals surface area contributed by atoms with Gasteiger partial charge in [-0.3, -0.25) is 4.79 Å². The van der Waals surface area contributed by atoms with E-state index in [9.17, 15) is 4.79 Å². The summed E-state index contributed by atoms with van der Waals surface area (Å²) in [6.07, 6.45) is 11.3. The minimum atomic E-state index is -0.284. The van der Waals surface area contributed by atoms with Crippen molar-refractivity contribution < 1.29 is 9.53 Å². The number of carbonyl (C=O) groups excluding carboxylic acids is 1. The van der Waals surface area contributed by atoms with Gasteiger partial charge in [-0.15, -0.1) is 0 Å². The normalized spacial score (nSPS) is 10.8. The highest BCUT2D eigenvalue weighted by Gasteiger charge is 2.11. The van der Waals surface area contributed by atoms with Gasteiger partial charge in [0.05, 0.1) is 15.1 Å². The lowest BCUT2D eigenvalue weighted by Gasteiger charge is -2.07. The molecule has 0 amide bonds. The summed E-state index contributed by atoms with van der Waals surface area (Å²) in [6.45, 7) is 2.23. The fraction of sp³-hybridized carbons (Fsp3) is 0.611. The summed E-state index contributed by atoms with van der Waals surface area (Å²) in [4.78, 5) is 11.8. The van der Waals surface area contributed by atoms with Gasteiger partial charge in [-0.25, -0.2) is 0 Å². The van der Waals surface area contributed by atoms with E-state index in [-0.39, 0.29) is 11.7 Å². The molecule has 130 valence electrons. The molecule has 23 heavy (non-hydrogen) atoms. The van der Waals surface area contributed by atoms with Crippen LogP contribution in [0, 0.1) is 0 Å². The van der Waals surface area contributed by atoms with E-state index in [4.69, 9.17) is 39.5 Å². The van der Waals surface area contributed by atoms with Crippen LogP contribution in [0.2, 0.25) is 15.1 Å². The number of halogens is 3. The van der Waals surface area contributed by atoms with Gasteiger partial charge in [0.1, 0.15) is 0 Å². The van der Waals surface area contributed by atoms with Crippen LogP contribution in [0.15, 0.2) is 12.1 Å². The van der Waals surface area contributed by atoms with Crippen LogP contribution in [0.25, 0.3) is 0 Å². The maximum Gasteiger partial charge on any atom is 0.311 e. The second-order valence-corrected chi connectivity index (χ2v) is 6.97. The van der Waals surface area contributed by atoms with Crippen molar-refractivity contribution in [3.05, 3.63) is 27.2 Å². The molecular weight excluding hydrogens is 355 g/mol. The SMILES string of the molecule is CCCCCCCCCCCC(=O)Oc1cc(Cl)c(Cl)cc1Cl. The van der Waals surface area contributed by atoms with Gasteiger partial charge in [-0.2, -0.15) is 0 Å². The number of hydrogen-bond acceptors (Lipinski definition) is 2. The van der Waals surface area contributed by atoms with Gasteiger partial charge in [-0.1, -0.05) is 93.1 Å². The first-order valence-corrected chi connectivity index (χ1v) is 9.53. The molecule has 0 aromatic heterocycles. The van der Waals surface area contributed by atoms with Crippen molar-refractivity contribution in [2.75, 3.05) is 0 Å². The van der Waals surface area contributed by atoms with E-state index >= 15 is 0 Å².